The van der Waals surface area contributed by atoms with Gasteiger partial charge in [0.15, 0.2) is 11.9 Å². The molecule has 2 aliphatic rings. The largest absolute Gasteiger partial charge is 0.463 e. The van der Waals surface area contributed by atoms with Gasteiger partial charge in [0.05, 0.1) is 12.7 Å². The molecule has 15 heavy (non-hydrogen) atoms. The van der Waals surface area contributed by atoms with Crippen LogP contribution in [0.3, 0.4) is 0 Å². The number of carbonyl (C=O) groups excluding carboxylic acids is 1. The van der Waals surface area contributed by atoms with E-state index in [1.54, 1.807) is 13.8 Å². The lowest BCUT2D eigenvalue weighted by molar-refractivity contribution is -0.173. The van der Waals surface area contributed by atoms with Crippen molar-refractivity contribution in [3.63, 3.8) is 0 Å². The molecule has 86 valence electrons. The second-order valence-electron chi connectivity index (χ2n) is 4.51. The highest BCUT2D eigenvalue weighted by atomic mass is 16.8. The van der Waals surface area contributed by atoms with Crippen molar-refractivity contribution in [2.45, 2.75) is 38.3 Å². The number of esters is 1. The molecule has 2 rings (SSSR count). The Morgan fingerprint density at radius 3 is 2.87 bits per heavy atom. The Hall–Kier alpha value is -0.650. The monoisotopic (exact) mass is 216 g/mol. The molecule has 1 N–H and O–H groups in total. The van der Waals surface area contributed by atoms with Gasteiger partial charge in [0.2, 0.25) is 0 Å². The molecular weight excluding hydrogens is 200 g/mol. The Balaban J connectivity index is 2.13. The fourth-order valence-electron chi connectivity index (χ4n) is 2.01. The third-order valence-electron chi connectivity index (χ3n) is 2.70. The molecule has 0 bridgehead atoms. The van der Waals surface area contributed by atoms with Crippen LogP contribution in [0.4, 0.5) is 0 Å². The van der Waals surface area contributed by atoms with Crippen molar-refractivity contribution >= 4 is 5.97 Å². The van der Waals surface area contributed by atoms with Gasteiger partial charge in [-0.05, 0) is 20.3 Å². The summed E-state index contributed by atoms with van der Waals surface area (Å²) in [5, 5.41) is 9.06. The van der Waals surface area contributed by atoms with Crippen LogP contribution in [0.25, 0.3) is 0 Å². The Morgan fingerprint density at radius 1 is 1.47 bits per heavy atom. The number of hydrogen-bond acceptors (Lipinski definition) is 5. The Kier molecular flexibility index (Phi) is 2.70. The van der Waals surface area contributed by atoms with E-state index in [9.17, 15) is 4.79 Å². The van der Waals surface area contributed by atoms with E-state index >= 15 is 0 Å². The zero-order valence-electron chi connectivity index (χ0n) is 8.93. The van der Waals surface area contributed by atoms with Gasteiger partial charge in [-0.2, -0.15) is 0 Å². The number of cyclic esters (lactones) is 1. The Morgan fingerprint density at radius 2 is 2.20 bits per heavy atom. The molecule has 2 fully saturated rings. The van der Waals surface area contributed by atoms with Gasteiger partial charge in [0.25, 0.3) is 0 Å². The summed E-state index contributed by atoms with van der Waals surface area (Å²) in [6.45, 7) is 3.78. The molecule has 5 nitrogen and oxygen atoms in total. The quantitative estimate of drug-likeness (QED) is 0.628. The van der Waals surface area contributed by atoms with Crippen molar-refractivity contribution in [2.24, 2.45) is 5.92 Å². The molecule has 0 spiro atoms. The maximum absolute atomic E-state index is 11.5. The van der Waals surface area contributed by atoms with E-state index < -0.39 is 11.9 Å². The number of aliphatic hydroxyl groups excluding tert-OH is 1. The lowest BCUT2D eigenvalue weighted by atomic mass is 10.0. The number of rotatable bonds is 1. The van der Waals surface area contributed by atoms with Crippen molar-refractivity contribution in [3.8, 4) is 0 Å². The molecule has 3 atom stereocenters. The minimum atomic E-state index is -0.744. The zero-order chi connectivity index (χ0) is 11.1. The van der Waals surface area contributed by atoms with Crippen LogP contribution in [-0.4, -0.2) is 42.3 Å². The summed E-state index contributed by atoms with van der Waals surface area (Å²) < 4.78 is 16.1. The summed E-state index contributed by atoms with van der Waals surface area (Å²) in [6.07, 6.45) is -0.347. The smallest absolute Gasteiger partial charge is 0.338 e. The average Bonchev–Trinajstić information content (AvgIpc) is 2.40. The van der Waals surface area contributed by atoms with Gasteiger partial charge >= 0.3 is 5.97 Å². The van der Waals surface area contributed by atoms with Crippen molar-refractivity contribution in [2.75, 3.05) is 13.2 Å². The number of ether oxygens (including phenoxy) is 3. The van der Waals surface area contributed by atoms with E-state index in [4.69, 9.17) is 19.3 Å². The van der Waals surface area contributed by atoms with Crippen LogP contribution >= 0.6 is 0 Å². The number of hydrogen-bond donors (Lipinski definition) is 1. The normalized spacial score (nSPS) is 39.4. The third-order valence-corrected chi connectivity index (χ3v) is 2.70. The SMILES string of the molecule is CC1(C)O[C@@H]2CC(CO)COC(=O)[C@@H]2O1. The number of aliphatic hydroxyl groups is 1. The molecule has 2 aliphatic heterocycles. The number of carbonyl (C=O) groups is 1. The average molecular weight is 216 g/mol. The second kappa shape index (κ2) is 3.73. The summed E-state index contributed by atoms with van der Waals surface area (Å²) in [5.74, 6) is -1.19. The molecule has 2 heterocycles. The van der Waals surface area contributed by atoms with Crippen molar-refractivity contribution < 1.29 is 24.1 Å². The van der Waals surface area contributed by atoms with Crippen molar-refractivity contribution in [1.29, 1.82) is 0 Å². The lowest BCUT2D eigenvalue weighted by Gasteiger charge is -2.19. The molecule has 1 unspecified atom stereocenters. The standard InChI is InChI=1S/C10H16O5/c1-10(2)14-7-3-6(4-11)5-13-9(12)8(7)15-10/h6-8,11H,3-5H2,1-2H3/t6?,7-,8-/m1/s1. The van der Waals surface area contributed by atoms with Crippen LogP contribution in [0.1, 0.15) is 20.3 Å². The topological polar surface area (TPSA) is 65.0 Å². The molecule has 0 aliphatic carbocycles. The molecule has 0 aromatic rings. The van der Waals surface area contributed by atoms with Gasteiger partial charge in [0.1, 0.15) is 0 Å². The maximum Gasteiger partial charge on any atom is 0.338 e. The lowest BCUT2D eigenvalue weighted by Crippen LogP contribution is -2.31. The second-order valence-corrected chi connectivity index (χ2v) is 4.51. The predicted octanol–water partition coefficient (Wildman–Crippen LogP) is 0.0619. The first kappa shape index (κ1) is 10.9. The maximum atomic E-state index is 11.5. The summed E-state index contributed by atoms with van der Waals surface area (Å²) in [4.78, 5) is 11.5. The fourth-order valence-corrected chi connectivity index (χ4v) is 2.01. The highest BCUT2D eigenvalue weighted by molar-refractivity contribution is 5.76. The van der Waals surface area contributed by atoms with E-state index in [1.165, 1.54) is 0 Å². The first-order valence-corrected chi connectivity index (χ1v) is 5.15. The Labute approximate surface area is 88.3 Å². The molecule has 0 aromatic heterocycles. The molecular formula is C10H16O5. The Bertz CT molecular complexity index is 263. The molecule has 0 radical (unpaired) electrons. The van der Waals surface area contributed by atoms with Crippen LogP contribution < -0.4 is 0 Å². The highest BCUT2D eigenvalue weighted by Crippen LogP contribution is 2.34. The van der Waals surface area contributed by atoms with Crippen molar-refractivity contribution in [1.82, 2.24) is 0 Å². The number of fused-ring (bicyclic) bond motifs is 1. The van der Waals surface area contributed by atoms with Crippen LogP contribution in [0.2, 0.25) is 0 Å². The summed E-state index contributed by atoms with van der Waals surface area (Å²) in [6, 6.07) is 0. The van der Waals surface area contributed by atoms with Gasteiger partial charge in [-0.3, -0.25) is 0 Å². The molecule has 0 saturated carbocycles. The van der Waals surface area contributed by atoms with Crippen LogP contribution in [0.15, 0.2) is 0 Å². The van der Waals surface area contributed by atoms with E-state index in [2.05, 4.69) is 0 Å². The first-order valence-electron chi connectivity index (χ1n) is 5.15. The molecule has 2 saturated heterocycles. The van der Waals surface area contributed by atoms with Crippen LogP contribution in [-0.2, 0) is 19.0 Å². The van der Waals surface area contributed by atoms with Crippen molar-refractivity contribution in [3.05, 3.63) is 0 Å². The van der Waals surface area contributed by atoms with E-state index in [0.717, 1.165) is 0 Å². The molecule has 5 heteroatoms. The third kappa shape index (κ3) is 2.14. The van der Waals surface area contributed by atoms with Gasteiger partial charge in [-0.15, -0.1) is 0 Å². The highest BCUT2D eigenvalue weighted by Gasteiger charge is 2.48. The van der Waals surface area contributed by atoms with Crippen LogP contribution in [0.5, 0.6) is 0 Å². The molecule has 0 amide bonds. The van der Waals surface area contributed by atoms with Gasteiger partial charge in [-0.1, -0.05) is 0 Å². The summed E-state index contributed by atoms with van der Waals surface area (Å²) in [7, 11) is 0. The van der Waals surface area contributed by atoms with Gasteiger partial charge in [0, 0.05) is 12.5 Å². The van der Waals surface area contributed by atoms with E-state index in [0.29, 0.717) is 6.42 Å². The van der Waals surface area contributed by atoms with Crippen LogP contribution in [0, 0.1) is 5.92 Å². The minimum absolute atomic E-state index is 0.000286. The first-order chi connectivity index (χ1) is 7.02. The summed E-state index contributed by atoms with van der Waals surface area (Å²) >= 11 is 0. The fraction of sp³-hybridized carbons (Fsp3) is 0.900. The molecule has 0 aromatic carbocycles. The van der Waals surface area contributed by atoms with Gasteiger partial charge in [-0.25, -0.2) is 4.79 Å². The predicted molar refractivity (Wildman–Crippen MR) is 50.0 cm³/mol. The van der Waals surface area contributed by atoms with E-state index in [1.807, 2.05) is 0 Å². The van der Waals surface area contributed by atoms with Gasteiger partial charge < -0.3 is 19.3 Å². The summed E-state index contributed by atoms with van der Waals surface area (Å²) in [5.41, 5.74) is 0. The van der Waals surface area contributed by atoms with E-state index in [-0.39, 0.29) is 31.2 Å². The zero-order valence-corrected chi connectivity index (χ0v) is 8.93. The minimum Gasteiger partial charge on any atom is -0.463 e.